The first-order valence-corrected chi connectivity index (χ1v) is 5.95. The van der Waals surface area contributed by atoms with Gasteiger partial charge in [-0.05, 0) is 51.6 Å². The molecule has 1 aliphatic heterocycles. The van der Waals surface area contributed by atoms with Gasteiger partial charge in [0.1, 0.15) is 0 Å². The minimum atomic E-state index is 0.468. The topological polar surface area (TPSA) is 29.9 Å². The normalized spacial score (nSPS) is 22.3. The van der Waals surface area contributed by atoms with Crippen molar-refractivity contribution < 1.29 is 0 Å². The van der Waals surface area contributed by atoms with Gasteiger partial charge in [-0.3, -0.25) is 4.68 Å². The molecule has 1 fully saturated rings. The minimum Gasteiger partial charge on any atom is -0.316 e. The molecule has 84 valence electrons. The van der Waals surface area contributed by atoms with E-state index >= 15 is 0 Å². The largest absolute Gasteiger partial charge is 0.316 e. The lowest BCUT2D eigenvalue weighted by molar-refractivity contribution is 0.457. The molecule has 1 aromatic rings. The molecule has 3 nitrogen and oxygen atoms in total. The van der Waals surface area contributed by atoms with Crippen molar-refractivity contribution in [1.82, 2.24) is 15.1 Å². The summed E-state index contributed by atoms with van der Waals surface area (Å²) >= 11 is 0. The van der Waals surface area contributed by atoms with E-state index in [0.717, 1.165) is 6.54 Å². The highest BCUT2D eigenvalue weighted by atomic mass is 15.3. The number of rotatable bonds is 2. The molecule has 1 saturated heterocycles. The fourth-order valence-corrected chi connectivity index (χ4v) is 2.48. The van der Waals surface area contributed by atoms with Crippen LogP contribution in [0.25, 0.3) is 0 Å². The van der Waals surface area contributed by atoms with E-state index in [-0.39, 0.29) is 0 Å². The summed E-state index contributed by atoms with van der Waals surface area (Å²) < 4.78 is 2.13. The number of hydrogen-bond acceptors (Lipinski definition) is 2. The van der Waals surface area contributed by atoms with Crippen LogP contribution in [0, 0.1) is 6.92 Å². The van der Waals surface area contributed by atoms with Crippen LogP contribution in [0.5, 0.6) is 0 Å². The van der Waals surface area contributed by atoms with Crippen molar-refractivity contribution in [2.24, 2.45) is 0 Å². The Morgan fingerprint density at radius 2 is 2.33 bits per heavy atom. The van der Waals surface area contributed by atoms with Crippen molar-refractivity contribution in [3.63, 3.8) is 0 Å². The summed E-state index contributed by atoms with van der Waals surface area (Å²) in [5.41, 5.74) is 2.79. The van der Waals surface area contributed by atoms with Crippen LogP contribution < -0.4 is 5.32 Å². The quantitative estimate of drug-likeness (QED) is 0.806. The van der Waals surface area contributed by atoms with Crippen molar-refractivity contribution in [1.29, 1.82) is 0 Å². The lowest BCUT2D eigenvalue weighted by Crippen LogP contribution is -2.28. The Balaban J connectivity index is 2.20. The maximum atomic E-state index is 4.48. The van der Waals surface area contributed by atoms with Gasteiger partial charge in [0, 0.05) is 18.3 Å². The van der Waals surface area contributed by atoms with Crippen molar-refractivity contribution in [2.45, 2.75) is 45.6 Å². The van der Waals surface area contributed by atoms with Crippen LogP contribution in [-0.2, 0) is 0 Å². The summed E-state index contributed by atoms with van der Waals surface area (Å²) in [7, 11) is 0. The van der Waals surface area contributed by atoms with E-state index in [2.05, 4.69) is 42.1 Å². The van der Waals surface area contributed by atoms with E-state index in [4.69, 9.17) is 0 Å². The smallest absolute Gasteiger partial charge is 0.0528 e. The second-order valence-electron chi connectivity index (χ2n) is 4.77. The average Bonchev–Trinajstić information content (AvgIpc) is 2.61. The molecule has 0 saturated carbocycles. The van der Waals surface area contributed by atoms with Crippen LogP contribution >= 0.6 is 0 Å². The third-order valence-corrected chi connectivity index (χ3v) is 3.31. The lowest BCUT2D eigenvalue weighted by Gasteiger charge is -2.22. The van der Waals surface area contributed by atoms with E-state index in [0.29, 0.717) is 12.0 Å². The molecule has 0 aromatic carbocycles. The van der Waals surface area contributed by atoms with E-state index in [1.165, 1.54) is 30.6 Å². The van der Waals surface area contributed by atoms with Gasteiger partial charge < -0.3 is 5.32 Å². The first-order valence-electron chi connectivity index (χ1n) is 5.95. The zero-order valence-electron chi connectivity index (χ0n) is 9.95. The second-order valence-corrected chi connectivity index (χ2v) is 4.77. The molecule has 0 aliphatic carbocycles. The SMILES string of the molecule is Cc1c(C2CCCNC2)cnn1C(C)C. The highest BCUT2D eigenvalue weighted by Crippen LogP contribution is 2.26. The van der Waals surface area contributed by atoms with E-state index in [9.17, 15) is 0 Å². The molecule has 1 aromatic heterocycles. The summed E-state index contributed by atoms with van der Waals surface area (Å²) in [6, 6.07) is 0.468. The fourth-order valence-electron chi connectivity index (χ4n) is 2.48. The standard InChI is InChI=1S/C12H21N3/c1-9(2)15-10(3)12(8-14-15)11-5-4-6-13-7-11/h8-9,11,13H,4-7H2,1-3H3. The summed E-state index contributed by atoms with van der Waals surface area (Å²) in [6.45, 7) is 8.85. The monoisotopic (exact) mass is 207 g/mol. The minimum absolute atomic E-state index is 0.468. The molecule has 1 unspecified atom stereocenters. The maximum Gasteiger partial charge on any atom is 0.0528 e. The number of aromatic nitrogens is 2. The summed E-state index contributed by atoms with van der Waals surface area (Å²) in [6.07, 6.45) is 4.65. The highest BCUT2D eigenvalue weighted by Gasteiger charge is 2.20. The molecule has 1 atom stereocenters. The van der Waals surface area contributed by atoms with Crippen LogP contribution in [0.3, 0.4) is 0 Å². The fraction of sp³-hybridized carbons (Fsp3) is 0.750. The van der Waals surface area contributed by atoms with Gasteiger partial charge in [0.2, 0.25) is 0 Å². The van der Waals surface area contributed by atoms with Crippen LogP contribution in [0.4, 0.5) is 0 Å². The Morgan fingerprint density at radius 1 is 1.53 bits per heavy atom. The van der Waals surface area contributed by atoms with Gasteiger partial charge in [0.05, 0.1) is 6.20 Å². The summed E-state index contributed by atoms with van der Waals surface area (Å²) in [5, 5.41) is 7.94. The lowest BCUT2D eigenvalue weighted by atomic mass is 9.92. The average molecular weight is 207 g/mol. The maximum absolute atomic E-state index is 4.48. The van der Waals surface area contributed by atoms with Crippen molar-refractivity contribution in [3.8, 4) is 0 Å². The molecule has 0 amide bonds. The molecule has 1 aliphatic rings. The Morgan fingerprint density at radius 3 is 2.87 bits per heavy atom. The first kappa shape index (κ1) is 10.7. The molecule has 15 heavy (non-hydrogen) atoms. The molecule has 0 bridgehead atoms. The van der Waals surface area contributed by atoms with Gasteiger partial charge in [-0.2, -0.15) is 5.10 Å². The van der Waals surface area contributed by atoms with Crippen LogP contribution in [0.1, 0.15) is 49.9 Å². The van der Waals surface area contributed by atoms with Crippen molar-refractivity contribution in [3.05, 3.63) is 17.5 Å². The Bertz CT molecular complexity index is 322. The molecule has 3 heteroatoms. The van der Waals surface area contributed by atoms with Gasteiger partial charge >= 0.3 is 0 Å². The Kier molecular flexibility index (Phi) is 3.10. The van der Waals surface area contributed by atoms with Crippen LogP contribution in [0.2, 0.25) is 0 Å². The van der Waals surface area contributed by atoms with Gasteiger partial charge in [0.25, 0.3) is 0 Å². The molecule has 1 N–H and O–H groups in total. The van der Waals surface area contributed by atoms with Crippen molar-refractivity contribution >= 4 is 0 Å². The predicted octanol–water partition coefficient (Wildman–Crippen LogP) is 2.24. The van der Waals surface area contributed by atoms with E-state index in [1.807, 2.05) is 0 Å². The zero-order valence-corrected chi connectivity index (χ0v) is 9.95. The molecule has 2 rings (SSSR count). The molecule has 0 spiro atoms. The Hall–Kier alpha value is -0.830. The zero-order chi connectivity index (χ0) is 10.8. The highest BCUT2D eigenvalue weighted by molar-refractivity contribution is 5.22. The second kappa shape index (κ2) is 4.35. The number of nitrogens with one attached hydrogen (secondary N) is 1. The van der Waals surface area contributed by atoms with Gasteiger partial charge in [-0.15, -0.1) is 0 Å². The van der Waals surface area contributed by atoms with Gasteiger partial charge in [-0.1, -0.05) is 0 Å². The van der Waals surface area contributed by atoms with E-state index < -0.39 is 0 Å². The van der Waals surface area contributed by atoms with Gasteiger partial charge in [-0.25, -0.2) is 0 Å². The molecule has 0 radical (unpaired) electrons. The predicted molar refractivity (Wildman–Crippen MR) is 62.2 cm³/mol. The number of piperidine rings is 1. The molecular formula is C12H21N3. The Labute approximate surface area is 91.9 Å². The van der Waals surface area contributed by atoms with Gasteiger partial charge in [0.15, 0.2) is 0 Å². The number of hydrogen-bond donors (Lipinski definition) is 1. The van der Waals surface area contributed by atoms with E-state index in [1.54, 1.807) is 0 Å². The van der Waals surface area contributed by atoms with Crippen LogP contribution in [-0.4, -0.2) is 22.9 Å². The first-order chi connectivity index (χ1) is 7.20. The summed E-state index contributed by atoms with van der Waals surface area (Å²) in [4.78, 5) is 0. The third-order valence-electron chi connectivity index (χ3n) is 3.31. The number of nitrogens with zero attached hydrogens (tertiary/aromatic N) is 2. The van der Waals surface area contributed by atoms with Crippen LogP contribution in [0.15, 0.2) is 6.20 Å². The molecular weight excluding hydrogens is 186 g/mol. The summed E-state index contributed by atoms with van der Waals surface area (Å²) in [5.74, 6) is 0.672. The van der Waals surface area contributed by atoms with Crippen molar-refractivity contribution in [2.75, 3.05) is 13.1 Å². The molecule has 2 heterocycles. The third kappa shape index (κ3) is 2.07.